The van der Waals surface area contributed by atoms with Crippen LogP contribution in [-0.2, 0) is 33.4 Å². The Morgan fingerprint density at radius 1 is 0.821 bits per heavy atom. The second-order valence-corrected chi connectivity index (χ2v) is 9.86. The normalized spacial score (nSPS) is 11.7. The van der Waals surface area contributed by atoms with Crippen molar-refractivity contribution in [3.05, 3.63) is 50.6 Å². The van der Waals surface area contributed by atoms with Gasteiger partial charge in [0.2, 0.25) is 0 Å². The zero-order valence-corrected chi connectivity index (χ0v) is 25.3. The summed E-state index contributed by atoms with van der Waals surface area (Å²) in [5.41, 5.74) is -1.43. The van der Waals surface area contributed by atoms with Gasteiger partial charge in [0.05, 0.1) is 11.7 Å². The number of hydrogen-bond acceptors (Lipinski definition) is 10. The first-order valence-corrected chi connectivity index (χ1v) is 12.4. The van der Waals surface area contributed by atoms with Gasteiger partial charge in [0.15, 0.2) is 0 Å². The van der Waals surface area contributed by atoms with Crippen molar-refractivity contribution < 1.29 is 43.6 Å². The topological polar surface area (TPSA) is 140 Å². The van der Waals surface area contributed by atoms with Gasteiger partial charge in [-0.3, -0.25) is 0 Å². The molecule has 2 unspecified atom stereocenters. The highest BCUT2D eigenvalue weighted by Gasteiger charge is 2.26. The minimum atomic E-state index is -0.764. The number of aliphatic hydroxyl groups is 2. The summed E-state index contributed by atoms with van der Waals surface area (Å²) in [5, 5.41) is 17.8. The molecule has 0 bridgehead atoms. The number of ether oxygens (including phenoxy) is 3. The summed E-state index contributed by atoms with van der Waals surface area (Å²) in [6, 6.07) is 0. The summed E-state index contributed by atoms with van der Waals surface area (Å²) >= 11 is 0. The van der Waals surface area contributed by atoms with Crippen LogP contribution in [0.2, 0.25) is 0 Å². The van der Waals surface area contributed by atoms with Gasteiger partial charge in [0.1, 0.15) is 11.7 Å². The van der Waals surface area contributed by atoms with Crippen LogP contribution in [0.3, 0.4) is 0 Å². The number of carbonyl (C=O) groups excluding carboxylic acids is 4. The molecular formula is C29H51NO9. The molecule has 0 aliphatic heterocycles. The number of esters is 4. The summed E-state index contributed by atoms with van der Waals surface area (Å²) in [6.45, 7) is 26.4. The summed E-state index contributed by atoms with van der Waals surface area (Å²) in [7, 11) is 4.17. The highest BCUT2D eigenvalue weighted by atomic mass is 16.6. The van der Waals surface area contributed by atoms with Gasteiger partial charge < -0.3 is 29.3 Å². The first kappa shape index (κ1) is 43.0. The molecule has 0 saturated heterocycles. The number of rotatable bonds is 12. The average molecular weight is 558 g/mol. The molecule has 0 aromatic heterocycles. The smallest absolute Gasteiger partial charge is 0.338 e. The molecule has 0 radical (unpaired) electrons. The Morgan fingerprint density at radius 2 is 1.23 bits per heavy atom. The Kier molecular flexibility index (Phi) is 26.4. The highest BCUT2D eigenvalue weighted by molar-refractivity contribution is 5.95. The van der Waals surface area contributed by atoms with Gasteiger partial charge in [0.25, 0.3) is 0 Å². The van der Waals surface area contributed by atoms with Crippen molar-refractivity contribution in [1.82, 2.24) is 4.90 Å². The van der Waals surface area contributed by atoms with E-state index >= 15 is 0 Å². The minimum absolute atomic E-state index is 0.349. The zero-order chi connectivity index (χ0) is 31.8. The van der Waals surface area contributed by atoms with Crippen molar-refractivity contribution >= 4 is 23.9 Å². The third kappa shape index (κ3) is 39.6. The lowest BCUT2D eigenvalue weighted by molar-refractivity contribution is -0.156. The molecule has 0 aliphatic rings. The molecule has 2 N–H and O–H groups in total. The van der Waals surface area contributed by atoms with Crippen LogP contribution in [0.4, 0.5) is 0 Å². The van der Waals surface area contributed by atoms with Crippen molar-refractivity contribution in [3.8, 4) is 0 Å². The standard InChI is InChI=1S/C12H18O4.C6H6O3.C6H14O2.C5H13N/c1-6-10(13)15-9(3)8-12(4,5)16-11(14)7-2;1-3-5(7)9-6(8)4-2;1-5(7)4-6(2,3)8;1-4-5-6(2)3/h6-7,9H,1-2,8H2,3-5H3;3-4H,1-2H2;5,7-8H,4H2,1-3H3;4-5H2,1-3H3. The second kappa shape index (κ2) is 24.0. The Bertz CT molecular complexity index is 745. The Hall–Kier alpha value is -3.08. The van der Waals surface area contributed by atoms with E-state index in [0.29, 0.717) is 12.8 Å². The molecule has 0 heterocycles. The van der Waals surface area contributed by atoms with Gasteiger partial charge in [-0.25, -0.2) is 19.2 Å². The third-order valence-electron chi connectivity index (χ3n) is 3.81. The molecule has 0 fully saturated rings. The van der Waals surface area contributed by atoms with E-state index in [1.54, 1.807) is 41.5 Å². The molecule has 0 aliphatic carbocycles. The van der Waals surface area contributed by atoms with E-state index in [1.807, 2.05) is 0 Å². The van der Waals surface area contributed by atoms with E-state index in [-0.39, 0.29) is 6.10 Å². The van der Waals surface area contributed by atoms with Gasteiger partial charge in [-0.05, 0) is 68.6 Å². The lowest BCUT2D eigenvalue weighted by atomic mass is 10.0. The fourth-order valence-electron chi connectivity index (χ4n) is 2.69. The van der Waals surface area contributed by atoms with Gasteiger partial charge >= 0.3 is 23.9 Å². The van der Waals surface area contributed by atoms with Crippen LogP contribution in [0, 0.1) is 0 Å². The van der Waals surface area contributed by atoms with Crippen molar-refractivity contribution in [2.45, 2.75) is 91.1 Å². The summed E-state index contributed by atoms with van der Waals surface area (Å²) in [4.78, 5) is 44.5. The van der Waals surface area contributed by atoms with Gasteiger partial charge in [0, 0.05) is 37.1 Å². The molecule has 0 aromatic rings. The van der Waals surface area contributed by atoms with Gasteiger partial charge in [-0.1, -0.05) is 33.2 Å². The summed E-state index contributed by atoms with van der Waals surface area (Å²) < 4.78 is 14.1. The molecule has 0 saturated carbocycles. The van der Waals surface area contributed by atoms with Crippen LogP contribution in [0.15, 0.2) is 50.6 Å². The monoisotopic (exact) mass is 557 g/mol. The first-order valence-electron chi connectivity index (χ1n) is 12.4. The predicted octanol–water partition coefficient (Wildman–Crippen LogP) is 3.92. The SMILES string of the molecule is C=CC(=O)OC(=O)C=C.C=CC(=O)OC(C)CC(C)(C)OC(=O)C=C.CC(O)CC(C)(C)O.CCCN(C)C. The first-order chi connectivity index (χ1) is 17.7. The molecular weight excluding hydrogens is 506 g/mol. The molecule has 226 valence electrons. The maximum absolute atomic E-state index is 11.0. The Balaban J connectivity index is -0.000000227. The molecule has 0 amide bonds. The van der Waals surface area contributed by atoms with Crippen LogP contribution in [-0.4, -0.2) is 83.0 Å². The largest absolute Gasteiger partial charge is 0.459 e. The molecule has 0 rings (SSSR count). The fourth-order valence-corrected chi connectivity index (χ4v) is 2.69. The van der Waals surface area contributed by atoms with Gasteiger partial charge in [-0.2, -0.15) is 0 Å². The van der Waals surface area contributed by atoms with Gasteiger partial charge in [-0.15, -0.1) is 0 Å². The van der Waals surface area contributed by atoms with Crippen LogP contribution in [0.25, 0.3) is 0 Å². The number of hydrogen-bond donors (Lipinski definition) is 2. The quantitative estimate of drug-likeness (QED) is 0.157. The molecule has 2 atom stereocenters. The third-order valence-corrected chi connectivity index (χ3v) is 3.81. The number of aliphatic hydroxyl groups excluding tert-OH is 1. The van der Waals surface area contributed by atoms with E-state index in [9.17, 15) is 19.2 Å². The van der Waals surface area contributed by atoms with Crippen LogP contribution >= 0.6 is 0 Å². The van der Waals surface area contributed by atoms with Crippen LogP contribution in [0.1, 0.15) is 67.7 Å². The second-order valence-electron chi connectivity index (χ2n) is 9.86. The van der Waals surface area contributed by atoms with Crippen molar-refractivity contribution in [2.75, 3.05) is 20.6 Å². The van der Waals surface area contributed by atoms with Crippen LogP contribution < -0.4 is 0 Å². The fraction of sp³-hybridized carbons (Fsp3) is 0.586. The minimum Gasteiger partial charge on any atom is -0.459 e. The maximum Gasteiger partial charge on any atom is 0.338 e. The molecule has 10 heteroatoms. The molecule has 0 aromatic carbocycles. The lowest BCUT2D eigenvalue weighted by Crippen LogP contribution is -2.32. The van der Waals surface area contributed by atoms with Crippen molar-refractivity contribution in [2.24, 2.45) is 0 Å². The van der Waals surface area contributed by atoms with Crippen molar-refractivity contribution in [1.29, 1.82) is 0 Å². The molecule has 0 spiro atoms. The van der Waals surface area contributed by atoms with E-state index in [0.717, 1.165) is 24.3 Å². The summed E-state index contributed by atoms with van der Waals surface area (Å²) in [5.74, 6) is -2.51. The number of carbonyl (C=O) groups is 4. The summed E-state index contributed by atoms with van der Waals surface area (Å²) in [6.07, 6.45) is 5.35. The Morgan fingerprint density at radius 3 is 1.46 bits per heavy atom. The predicted molar refractivity (Wildman–Crippen MR) is 154 cm³/mol. The van der Waals surface area contributed by atoms with Crippen molar-refractivity contribution in [3.63, 3.8) is 0 Å². The van der Waals surface area contributed by atoms with E-state index in [4.69, 9.17) is 19.7 Å². The highest BCUT2D eigenvalue weighted by Crippen LogP contribution is 2.19. The van der Waals surface area contributed by atoms with E-state index in [1.165, 1.54) is 13.0 Å². The maximum atomic E-state index is 11.0. The molecule has 10 nitrogen and oxygen atoms in total. The Labute approximate surface area is 235 Å². The zero-order valence-electron chi connectivity index (χ0n) is 25.3. The average Bonchev–Trinajstić information content (AvgIpc) is 2.77. The van der Waals surface area contributed by atoms with E-state index < -0.39 is 41.2 Å². The number of nitrogens with zero attached hydrogens (tertiary/aromatic N) is 1. The van der Waals surface area contributed by atoms with E-state index in [2.05, 4.69) is 57.0 Å². The van der Waals surface area contributed by atoms with Crippen LogP contribution in [0.5, 0.6) is 0 Å². The lowest BCUT2D eigenvalue weighted by Gasteiger charge is -2.27. The molecule has 39 heavy (non-hydrogen) atoms.